The molecule has 0 unspecified atom stereocenters. The van der Waals surface area contributed by atoms with E-state index in [1.165, 1.54) is 5.56 Å². The molecule has 2 atom stereocenters. The first-order valence-corrected chi connectivity index (χ1v) is 7.11. The van der Waals surface area contributed by atoms with E-state index in [9.17, 15) is 9.59 Å². The molecule has 0 aliphatic carbocycles. The van der Waals surface area contributed by atoms with Crippen molar-refractivity contribution in [2.75, 3.05) is 6.61 Å². The first kappa shape index (κ1) is 14.6. The molecule has 0 saturated carbocycles. The van der Waals surface area contributed by atoms with Crippen molar-refractivity contribution in [2.24, 2.45) is 5.92 Å². The smallest absolute Gasteiger partial charge is 0.347 e. The van der Waals surface area contributed by atoms with Gasteiger partial charge < -0.3 is 9.47 Å². The third-order valence-electron chi connectivity index (χ3n) is 3.54. The molecule has 0 amide bonds. The maximum Gasteiger partial charge on any atom is 0.347 e. The number of rotatable bonds is 5. The van der Waals surface area contributed by atoms with Crippen LogP contribution in [0.3, 0.4) is 0 Å². The summed E-state index contributed by atoms with van der Waals surface area (Å²) in [5.74, 6) is -0.812. The predicted octanol–water partition coefficient (Wildman–Crippen LogP) is 2.50. The lowest BCUT2D eigenvalue weighted by atomic mass is 9.91. The molecular formula is C16H20O4. The highest BCUT2D eigenvalue weighted by molar-refractivity contribution is 5.81. The van der Waals surface area contributed by atoms with Crippen LogP contribution in [0.5, 0.6) is 0 Å². The van der Waals surface area contributed by atoms with Crippen molar-refractivity contribution in [3.05, 3.63) is 35.9 Å². The number of carbonyl (C=O) groups is 2. The molecule has 1 aromatic rings. The van der Waals surface area contributed by atoms with E-state index in [0.29, 0.717) is 19.4 Å². The van der Waals surface area contributed by atoms with E-state index < -0.39 is 12.1 Å². The Labute approximate surface area is 119 Å². The van der Waals surface area contributed by atoms with Crippen molar-refractivity contribution < 1.29 is 19.1 Å². The lowest BCUT2D eigenvalue weighted by Crippen LogP contribution is -2.37. The maximum absolute atomic E-state index is 11.9. The number of hydrogen-bond donors (Lipinski definition) is 0. The van der Waals surface area contributed by atoms with Gasteiger partial charge >= 0.3 is 11.9 Å². The molecule has 4 heteroatoms. The topological polar surface area (TPSA) is 52.6 Å². The van der Waals surface area contributed by atoms with Crippen molar-refractivity contribution in [2.45, 2.75) is 38.7 Å². The molecule has 0 radical (unpaired) electrons. The molecule has 1 aromatic carbocycles. The molecule has 1 aliphatic rings. The Balaban J connectivity index is 1.81. The summed E-state index contributed by atoms with van der Waals surface area (Å²) in [5.41, 5.74) is 1.22. The highest BCUT2D eigenvalue weighted by Gasteiger charge is 2.34. The van der Waals surface area contributed by atoms with E-state index in [1.54, 1.807) is 6.92 Å². The van der Waals surface area contributed by atoms with Gasteiger partial charge in [0.2, 0.25) is 0 Å². The Bertz CT molecular complexity index is 455. The van der Waals surface area contributed by atoms with Crippen molar-refractivity contribution >= 4 is 11.9 Å². The average molecular weight is 276 g/mol. The summed E-state index contributed by atoms with van der Waals surface area (Å²) in [4.78, 5) is 23.4. The van der Waals surface area contributed by atoms with Gasteiger partial charge in [0.15, 0.2) is 6.10 Å². The fourth-order valence-corrected chi connectivity index (χ4v) is 2.41. The van der Waals surface area contributed by atoms with Crippen LogP contribution in [0, 0.1) is 5.92 Å². The molecule has 0 N–H and O–H groups in total. The summed E-state index contributed by atoms with van der Waals surface area (Å²) in [7, 11) is 0. The SMILES string of the molecule is CCOC(=O)[C@H]1CC[C@H](CCc2ccccc2)C(=O)O1. The summed E-state index contributed by atoms with van der Waals surface area (Å²) in [6, 6.07) is 10.1. The predicted molar refractivity (Wildman–Crippen MR) is 74.0 cm³/mol. The molecule has 1 aliphatic heterocycles. The van der Waals surface area contributed by atoms with Gasteiger partial charge in [-0.3, -0.25) is 4.79 Å². The molecule has 0 bridgehead atoms. The third kappa shape index (κ3) is 3.83. The monoisotopic (exact) mass is 276 g/mol. The molecule has 0 aromatic heterocycles. The lowest BCUT2D eigenvalue weighted by molar-refractivity contribution is -0.176. The first-order valence-electron chi connectivity index (χ1n) is 7.11. The van der Waals surface area contributed by atoms with E-state index in [0.717, 1.165) is 12.8 Å². The normalized spacial score (nSPS) is 22.1. The maximum atomic E-state index is 11.9. The van der Waals surface area contributed by atoms with Crippen molar-refractivity contribution in [3.63, 3.8) is 0 Å². The van der Waals surface area contributed by atoms with Gasteiger partial charge in [-0.25, -0.2) is 4.79 Å². The second kappa shape index (κ2) is 7.08. The Hall–Kier alpha value is -1.84. The van der Waals surface area contributed by atoms with Crippen LogP contribution in [0.15, 0.2) is 30.3 Å². The van der Waals surface area contributed by atoms with E-state index >= 15 is 0 Å². The standard InChI is InChI=1S/C16H20O4/c1-2-19-16(18)14-11-10-13(15(17)20-14)9-8-12-6-4-3-5-7-12/h3-7,13-14H,2,8-11H2,1H3/t13-,14+/m0/s1. The minimum atomic E-state index is -0.713. The van der Waals surface area contributed by atoms with E-state index in [1.807, 2.05) is 18.2 Å². The number of aryl methyl sites for hydroxylation is 1. The van der Waals surface area contributed by atoms with Gasteiger partial charge in [0, 0.05) is 0 Å². The van der Waals surface area contributed by atoms with Gasteiger partial charge in [-0.1, -0.05) is 30.3 Å². The fourth-order valence-electron chi connectivity index (χ4n) is 2.41. The van der Waals surface area contributed by atoms with Crippen molar-refractivity contribution in [1.82, 2.24) is 0 Å². The van der Waals surface area contributed by atoms with Crippen LogP contribution < -0.4 is 0 Å². The van der Waals surface area contributed by atoms with Crippen LogP contribution in [-0.4, -0.2) is 24.6 Å². The number of benzene rings is 1. The van der Waals surface area contributed by atoms with Gasteiger partial charge in [0.05, 0.1) is 12.5 Å². The molecule has 0 spiro atoms. The molecule has 108 valence electrons. The molecule has 1 heterocycles. The number of carbonyl (C=O) groups excluding carboxylic acids is 2. The van der Waals surface area contributed by atoms with Crippen LogP contribution in [0.1, 0.15) is 31.7 Å². The minimum Gasteiger partial charge on any atom is -0.463 e. The van der Waals surface area contributed by atoms with Crippen LogP contribution in [0.4, 0.5) is 0 Å². The summed E-state index contributed by atoms with van der Waals surface area (Å²) in [5, 5.41) is 0. The zero-order chi connectivity index (χ0) is 14.4. The highest BCUT2D eigenvalue weighted by Crippen LogP contribution is 2.25. The van der Waals surface area contributed by atoms with Crippen LogP contribution in [-0.2, 0) is 25.5 Å². The van der Waals surface area contributed by atoms with Gasteiger partial charge in [-0.15, -0.1) is 0 Å². The van der Waals surface area contributed by atoms with Gasteiger partial charge in [0.25, 0.3) is 0 Å². The van der Waals surface area contributed by atoms with Gasteiger partial charge in [0.1, 0.15) is 0 Å². The number of ether oxygens (including phenoxy) is 2. The van der Waals surface area contributed by atoms with E-state index in [2.05, 4.69) is 12.1 Å². The molecule has 4 nitrogen and oxygen atoms in total. The Morgan fingerprint density at radius 2 is 2.05 bits per heavy atom. The quantitative estimate of drug-likeness (QED) is 0.775. The summed E-state index contributed by atoms with van der Waals surface area (Å²) in [6.45, 7) is 2.05. The zero-order valence-corrected chi connectivity index (χ0v) is 11.7. The average Bonchev–Trinajstić information content (AvgIpc) is 2.47. The third-order valence-corrected chi connectivity index (χ3v) is 3.54. The second-order valence-corrected chi connectivity index (χ2v) is 4.98. The van der Waals surface area contributed by atoms with E-state index in [4.69, 9.17) is 9.47 Å². The van der Waals surface area contributed by atoms with Gasteiger partial charge in [-0.2, -0.15) is 0 Å². The number of esters is 2. The zero-order valence-electron chi connectivity index (χ0n) is 11.7. The summed E-state index contributed by atoms with van der Waals surface area (Å²) >= 11 is 0. The highest BCUT2D eigenvalue weighted by atomic mass is 16.6. The van der Waals surface area contributed by atoms with Crippen LogP contribution >= 0.6 is 0 Å². The number of hydrogen-bond acceptors (Lipinski definition) is 4. The molecule has 1 saturated heterocycles. The van der Waals surface area contributed by atoms with Crippen molar-refractivity contribution in [1.29, 1.82) is 0 Å². The second-order valence-electron chi connectivity index (χ2n) is 4.98. The van der Waals surface area contributed by atoms with Crippen molar-refractivity contribution in [3.8, 4) is 0 Å². The van der Waals surface area contributed by atoms with E-state index in [-0.39, 0.29) is 11.9 Å². The summed E-state index contributed by atoms with van der Waals surface area (Å²) < 4.78 is 10.1. The Morgan fingerprint density at radius 1 is 1.30 bits per heavy atom. The molecule has 20 heavy (non-hydrogen) atoms. The molecular weight excluding hydrogens is 256 g/mol. The fraction of sp³-hybridized carbons (Fsp3) is 0.500. The van der Waals surface area contributed by atoms with Crippen LogP contribution in [0.2, 0.25) is 0 Å². The number of cyclic esters (lactones) is 1. The summed E-state index contributed by atoms with van der Waals surface area (Å²) in [6.07, 6.45) is 2.15. The lowest BCUT2D eigenvalue weighted by Gasteiger charge is -2.26. The van der Waals surface area contributed by atoms with Crippen LogP contribution in [0.25, 0.3) is 0 Å². The van der Waals surface area contributed by atoms with Gasteiger partial charge in [-0.05, 0) is 38.2 Å². The minimum absolute atomic E-state index is 0.110. The molecule has 2 rings (SSSR count). The first-order chi connectivity index (χ1) is 9.70. The largest absolute Gasteiger partial charge is 0.463 e. The Morgan fingerprint density at radius 3 is 2.70 bits per heavy atom. The Kier molecular flexibility index (Phi) is 5.16. The molecule has 1 fully saturated rings.